The summed E-state index contributed by atoms with van der Waals surface area (Å²) in [6, 6.07) is 5.32. The SMILES string of the molecule is CC(C)CC=O.COc1ccc(C=O)cc1C. The summed E-state index contributed by atoms with van der Waals surface area (Å²) in [6.07, 6.45) is 2.47. The largest absolute Gasteiger partial charge is 0.496 e. The molecule has 0 unspecified atom stereocenters. The van der Waals surface area contributed by atoms with E-state index in [4.69, 9.17) is 4.74 Å². The minimum absolute atomic E-state index is 0.530. The van der Waals surface area contributed by atoms with Crippen molar-refractivity contribution in [1.29, 1.82) is 0 Å². The van der Waals surface area contributed by atoms with E-state index in [0.717, 1.165) is 23.9 Å². The first-order valence-electron chi connectivity index (χ1n) is 5.58. The fourth-order valence-electron chi connectivity index (χ4n) is 1.17. The minimum atomic E-state index is 0.530. The van der Waals surface area contributed by atoms with Gasteiger partial charge in [0, 0.05) is 12.0 Å². The first-order valence-corrected chi connectivity index (χ1v) is 5.58. The van der Waals surface area contributed by atoms with Crippen molar-refractivity contribution >= 4 is 12.6 Å². The lowest BCUT2D eigenvalue weighted by molar-refractivity contribution is -0.108. The molecule has 0 N–H and O–H groups in total. The van der Waals surface area contributed by atoms with Crippen molar-refractivity contribution in [2.45, 2.75) is 27.2 Å². The van der Waals surface area contributed by atoms with Crippen molar-refractivity contribution in [1.82, 2.24) is 0 Å². The summed E-state index contributed by atoms with van der Waals surface area (Å²) >= 11 is 0. The third-order valence-corrected chi connectivity index (χ3v) is 2.12. The summed E-state index contributed by atoms with van der Waals surface area (Å²) < 4.78 is 5.03. The maximum Gasteiger partial charge on any atom is 0.150 e. The lowest BCUT2D eigenvalue weighted by atomic mass is 10.1. The van der Waals surface area contributed by atoms with Gasteiger partial charge in [0.25, 0.3) is 0 Å². The number of benzene rings is 1. The Bertz CT molecular complexity index is 356. The molecule has 1 aromatic carbocycles. The molecule has 0 amide bonds. The van der Waals surface area contributed by atoms with E-state index < -0.39 is 0 Å². The lowest BCUT2D eigenvalue weighted by Crippen LogP contribution is -1.88. The molecule has 0 bridgehead atoms. The number of carbonyl (C=O) groups is 2. The number of aryl methyl sites for hydroxylation is 1. The van der Waals surface area contributed by atoms with E-state index in [1.807, 2.05) is 20.8 Å². The van der Waals surface area contributed by atoms with Gasteiger partial charge < -0.3 is 9.53 Å². The van der Waals surface area contributed by atoms with Crippen LogP contribution in [0.25, 0.3) is 0 Å². The fraction of sp³-hybridized carbons (Fsp3) is 0.429. The first kappa shape index (κ1) is 15.4. The lowest BCUT2D eigenvalue weighted by Gasteiger charge is -2.03. The average molecular weight is 236 g/mol. The van der Waals surface area contributed by atoms with Crippen LogP contribution in [0, 0.1) is 12.8 Å². The maximum atomic E-state index is 10.3. The monoisotopic (exact) mass is 236 g/mol. The molecule has 1 rings (SSSR count). The standard InChI is InChI=1S/C9H10O2.C5H10O/c1-7-5-8(6-10)3-4-9(7)11-2;1-5(2)3-4-6/h3-6H,1-2H3;4-5H,3H2,1-2H3. The Morgan fingerprint density at radius 3 is 2.24 bits per heavy atom. The summed E-state index contributed by atoms with van der Waals surface area (Å²) in [5.74, 6) is 1.35. The molecule has 0 atom stereocenters. The predicted octanol–water partition coefficient (Wildman–Crippen LogP) is 3.05. The quantitative estimate of drug-likeness (QED) is 0.755. The van der Waals surface area contributed by atoms with Crippen molar-refractivity contribution in [2.24, 2.45) is 5.92 Å². The molecule has 0 spiro atoms. The highest BCUT2D eigenvalue weighted by Crippen LogP contribution is 2.17. The van der Waals surface area contributed by atoms with Gasteiger partial charge in [-0.25, -0.2) is 0 Å². The number of aldehydes is 2. The Morgan fingerprint density at radius 2 is 1.94 bits per heavy atom. The zero-order valence-electron chi connectivity index (χ0n) is 10.9. The molecule has 0 aromatic heterocycles. The second kappa shape index (κ2) is 8.50. The van der Waals surface area contributed by atoms with E-state index in [0.29, 0.717) is 17.9 Å². The number of hydrogen-bond acceptors (Lipinski definition) is 3. The minimum Gasteiger partial charge on any atom is -0.496 e. The van der Waals surface area contributed by atoms with Crippen LogP contribution in [0.4, 0.5) is 0 Å². The summed E-state index contributed by atoms with van der Waals surface area (Å²) in [5, 5.41) is 0. The van der Waals surface area contributed by atoms with Crippen LogP contribution in [-0.2, 0) is 4.79 Å². The molecular weight excluding hydrogens is 216 g/mol. The van der Waals surface area contributed by atoms with Gasteiger partial charge in [0.05, 0.1) is 7.11 Å². The Balaban J connectivity index is 0.000000366. The average Bonchev–Trinajstić information content (AvgIpc) is 2.29. The molecule has 0 aliphatic carbocycles. The molecule has 3 nitrogen and oxygen atoms in total. The number of rotatable bonds is 4. The van der Waals surface area contributed by atoms with Crippen LogP contribution in [0.5, 0.6) is 5.75 Å². The molecule has 0 fully saturated rings. The molecule has 94 valence electrons. The molecule has 0 saturated carbocycles. The van der Waals surface area contributed by atoms with Gasteiger partial charge in [-0.1, -0.05) is 13.8 Å². The third-order valence-electron chi connectivity index (χ3n) is 2.12. The first-order chi connectivity index (χ1) is 8.04. The van der Waals surface area contributed by atoms with E-state index in [1.54, 1.807) is 25.3 Å². The van der Waals surface area contributed by atoms with Crippen molar-refractivity contribution in [3.05, 3.63) is 29.3 Å². The topological polar surface area (TPSA) is 43.4 Å². The van der Waals surface area contributed by atoms with Crippen LogP contribution in [0.1, 0.15) is 36.2 Å². The van der Waals surface area contributed by atoms with Gasteiger partial charge in [0.1, 0.15) is 18.3 Å². The van der Waals surface area contributed by atoms with Crippen LogP contribution < -0.4 is 4.74 Å². The van der Waals surface area contributed by atoms with Gasteiger partial charge in [-0.2, -0.15) is 0 Å². The van der Waals surface area contributed by atoms with Gasteiger partial charge in [0.2, 0.25) is 0 Å². The van der Waals surface area contributed by atoms with Crippen molar-refractivity contribution in [2.75, 3.05) is 7.11 Å². The highest BCUT2D eigenvalue weighted by molar-refractivity contribution is 5.75. The summed E-state index contributed by atoms with van der Waals surface area (Å²) in [6.45, 7) is 5.95. The zero-order chi connectivity index (χ0) is 13.3. The molecule has 17 heavy (non-hydrogen) atoms. The Hall–Kier alpha value is -1.64. The Kier molecular flexibility index (Phi) is 7.68. The van der Waals surface area contributed by atoms with Crippen molar-refractivity contribution in [3.63, 3.8) is 0 Å². The molecular formula is C14H20O3. The zero-order valence-corrected chi connectivity index (χ0v) is 10.9. The number of ether oxygens (including phenoxy) is 1. The Morgan fingerprint density at radius 1 is 1.29 bits per heavy atom. The molecule has 0 aliphatic rings. The van der Waals surface area contributed by atoms with Gasteiger partial charge in [0.15, 0.2) is 0 Å². The van der Waals surface area contributed by atoms with Crippen LogP contribution in [-0.4, -0.2) is 19.7 Å². The highest BCUT2D eigenvalue weighted by Gasteiger charge is 1.97. The molecule has 0 radical (unpaired) electrons. The smallest absolute Gasteiger partial charge is 0.150 e. The fourth-order valence-corrected chi connectivity index (χ4v) is 1.17. The third kappa shape index (κ3) is 6.51. The van der Waals surface area contributed by atoms with Crippen LogP contribution >= 0.6 is 0 Å². The molecule has 0 aliphatic heterocycles. The van der Waals surface area contributed by atoms with Crippen molar-refractivity contribution < 1.29 is 14.3 Å². The second-order valence-electron chi connectivity index (χ2n) is 4.14. The van der Waals surface area contributed by atoms with E-state index in [9.17, 15) is 9.59 Å². The maximum absolute atomic E-state index is 10.3. The number of carbonyl (C=O) groups excluding carboxylic acids is 2. The summed E-state index contributed by atoms with van der Waals surface area (Å²) in [4.78, 5) is 19.9. The van der Waals surface area contributed by atoms with Crippen molar-refractivity contribution in [3.8, 4) is 5.75 Å². The van der Waals surface area contributed by atoms with E-state index in [-0.39, 0.29) is 0 Å². The van der Waals surface area contributed by atoms with E-state index >= 15 is 0 Å². The van der Waals surface area contributed by atoms with Crippen LogP contribution in [0.15, 0.2) is 18.2 Å². The number of methoxy groups -OCH3 is 1. The van der Waals surface area contributed by atoms with Gasteiger partial charge in [-0.15, -0.1) is 0 Å². The normalized spacial score (nSPS) is 9.24. The molecule has 1 aromatic rings. The summed E-state index contributed by atoms with van der Waals surface area (Å²) in [7, 11) is 1.61. The predicted molar refractivity (Wildman–Crippen MR) is 68.6 cm³/mol. The highest BCUT2D eigenvalue weighted by atomic mass is 16.5. The van der Waals surface area contributed by atoms with Crippen LogP contribution in [0.3, 0.4) is 0 Å². The van der Waals surface area contributed by atoms with Crippen LogP contribution in [0.2, 0.25) is 0 Å². The number of hydrogen-bond donors (Lipinski definition) is 0. The van der Waals surface area contributed by atoms with E-state index in [1.165, 1.54) is 0 Å². The summed E-state index contributed by atoms with van der Waals surface area (Å²) in [5.41, 5.74) is 1.67. The van der Waals surface area contributed by atoms with Gasteiger partial charge in [-0.3, -0.25) is 4.79 Å². The molecule has 0 saturated heterocycles. The molecule has 3 heteroatoms. The van der Waals surface area contributed by atoms with Gasteiger partial charge in [-0.05, 0) is 36.6 Å². The van der Waals surface area contributed by atoms with E-state index in [2.05, 4.69) is 0 Å². The Labute approximate surface area is 103 Å². The molecule has 0 heterocycles. The second-order valence-corrected chi connectivity index (χ2v) is 4.14. The van der Waals surface area contributed by atoms with Gasteiger partial charge >= 0.3 is 0 Å².